The van der Waals surface area contributed by atoms with E-state index in [2.05, 4.69) is 0 Å². The Kier molecular flexibility index (Phi) is 4.05. The van der Waals surface area contributed by atoms with Crippen LogP contribution in [-0.2, 0) is 14.3 Å². The molecule has 4 aliphatic rings. The van der Waals surface area contributed by atoms with Crippen LogP contribution in [-0.4, -0.2) is 71.2 Å². The summed E-state index contributed by atoms with van der Waals surface area (Å²) in [4.78, 5) is 28.7. The Hall–Kier alpha value is -1.14. The fourth-order valence-corrected chi connectivity index (χ4v) is 4.48. The number of hydrogen-bond acceptors (Lipinski definition) is 4. The molecule has 3 saturated heterocycles. The summed E-state index contributed by atoms with van der Waals surface area (Å²) in [5.41, 5.74) is 0. The third-order valence-corrected chi connectivity index (χ3v) is 6.02. The number of hydrogen-bond donors (Lipinski definition) is 1. The van der Waals surface area contributed by atoms with Gasteiger partial charge in [0, 0.05) is 32.1 Å². The van der Waals surface area contributed by atoms with Gasteiger partial charge in [0.2, 0.25) is 5.91 Å². The van der Waals surface area contributed by atoms with Crippen LogP contribution < -0.4 is 0 Å². The Morgan fingerprint density at radius 3 is 2.39 bits per heavy atom. The first-order valence-electron chi connectivity index (χ1n) is 9.03. The highest BCUT2D eigenvalue weighted by molar-refractivity contribution is 5.82. The van der Waals surface area contributed by atoms with Crippen molar-refractivity contribution in [2.45, 2.75) is 56.8 Å². The van der Waals surface area contributed by atoms with Gasteiger partial charge in [-0.15, -0.1) is 0 Å². The molecule has 3 heterocycles. The van der Waals surface area contributed by atoms with Crippen LogP contribution in [0.25, 0.3) is 0 Å². The van der Waals surface area contributed by atoms with Crippen molar-refractivity contribution < 1.29 is 19.4 Å². The zero-order valence-electron chi connectivity index (χ0n) is 13.5. The van der Waals surface area contributed by atoms with Crippen LogP contribution in [0.4, 0.5) is 0 Å². The maximum atomic E-state index is 12.5. The van der Waals surface area contributed by atoms with Crippen molar-refractivity contribution in [2.24, 2.45) is 11.8 Å². The standard InChI is InChI=1S/C17H26N2O4/c20-13-7-12(8-13)16(21)19-6-3-11-9-14(23-15(11)10-19)17(22)18-4-1-2-5-18/h11-15,20H,1-10H2/t11-,12?,13?,14?,15-/m0/s1. The Bertz CT molecular complexity index is 485. The first-order chi connectivity index (χ1) is 11.1. The molecule has 3 atom stereocenters. The molecule has 128 valence electrons. The molecule has 2 amide bonds. The minimum absolute atomic E-state index is 0.00857. The molecule has 0 spiro atoms. The minimum atomic E-state index is -0.302. The van der Waals surface area contributed by atoms with Gasteiger partial charge in [0.1, 0.15) is 6.10 Å². The summed E-state index contributed by atoms with van der Waals surface area (Å²) in [5.74, 6) is 0.705. The van der Waals surface area contributed by atoms with Crippen LogP contribution in [0.15, 0.2) is 0 Å². The SMILES string of the molecule is O=C(C1CC(O)C1)N1CC[C@H]2CC(C(=O)N3CCCC3)O[C@H]2C1. The molecule has 1 aliphatic carbocycles. The van der Waals surface area contributed by atoms with Crippen molar-refractivity contribution in [2.75, 3.05) is 26.2 Å². The van der Waals surface area contributed by atoms with Crippen LogP contribution in [0.3, 0.4) is 0 Å². The van der Waals surface area contributed by atoms with Crippen molar-refractivity contribution in [1.29, 1.82) is 0 Å². The third kappa shape index (κ3) is 2.87. The lowest BCUT2D eigenvalue weighted by atomic mass is 9.80. The second-order valence-electron chi connectivity index (χ2n) is 7.59. The largest absolute Gasteiger partial charge is 0.393 e. The lowest BCUT2D eigenvalue weighted by Crippen LogP contribution is -2.50. The van der Waals surface area contributed by atoms with Crippen LogP contribution in [0, 0.1) is 11.8 Å². The Morgan fingerprint density at radius 2 is 1.70 bits per heavy atom. The molecular weight excluding hydrogens is 296 g/mol. The average Bonchev–Trinajstić information content (AvgIpc) is 3.18. The van der Waals surface area contributed by atoms with Crippen molar-refractivity contribution >= 4 is 11.8 Å². The topological polar surface area (TPSA) is 70.1 Å². The molecule has 0 radical (unpaired) electrons. The van der Waals surface area contributed by atoms with Crippen LogP contribution >= 0.6 is 0 Å². The smallest absolute Gasteiger partial charge is 0.251 e. The first kappa shape index (κ1) is 15.4. The highest BCUT2D eigenvalue weighted by Gasteiger charge is 2.45. The molecule has 1 saturated carbocycles. The first-order valence-corrected chi connectivity index (χ1v) is 9.03. The predicted octanol–water partition coefficient (Wildman–Crippen LogP) is 0.386. The molecule has 0 aromatic carbocycles. The molecule has 4 rings (SSSR count). The van der Waals surface area contributed by atoms with Gasteiger partial charge in [-0.3, -0.25) is 9.59 Å². The van der Waals surface area contributed by atoms with Gasteiger partial charge < -0.3 is 19.6 Å². The number of aliphatic hydroxyl groups is 1. The van der Waals surface area contributed by atoms with Gasteiger partial charge in [-0.1, -0.05) is 0 Å². The number of ether oxygens (including phenoxy) is 1. The molecule has 1 N–H and O–H groups in total. The zero-order chi connectivity index (χ0) is 16.0. The van der Waals surface area contributed by atoms with Gasteiger partial charge in [0.25, 0.3) is 5.91 Å². The van der Waals surface area contributed by atoms with Crippen LogP contribution in [0.5, 0.6) is 0 Å². The number of piperidine rings is 1. The number of nitrogens with zero attached hydrogens (tertiary/aromatic N) is 2. The summed E-state index contributed by atoms with van der Waals surface area (Å²) >= 11 is 0. The van der Waals surface area contributed by atoms with Gasteiger partial charge in [-0.05, 0) is 44.4 Å². The van der Waals surface area contributed by atoms with Crippen molar-refractivity contribution in [3.63, 3.8) is 0 Å². The molecular formula is C17H26N2O4. The second kappa shape index (κ2) is 6.06. The molecule has 4 fully saturated rings. The minimum Gasteiger partial charge on any atom is -0.393 e. The lowest BCUT2D eigenvalue weighted by Gasteiger charge is -2.39. The van der Waals surface area contributed by atoms with Gasteiger partial charge in [-0.2, -0.15) is 0 Å². The molecule has 0 bridgehead atoms. The average molecular weight is 322 g/mol. The maximum Gasteiger partial charge on any atom is 0.251 e. The van der Waals surface area contributed by atoms with Crippen LogP contribution in [0.2, 0.25) is 0 Å². The number of carbonyl (C=O) groups is 2. The number of fused-ring (bicyclic) bond motifs is 1. The molecule has 0 aromatic rings. The lowest BCUT2D eigenvalue weighted by molar-refractivity contribution is -0.149. The van der Waals surface area contributed by atoms with E-state index in [0.717, 1.165) is 45.3 Å². The Morgan fingerprint density at radius 1 is 0.957 bits per heavy atom. The third-order valence-electron chi connectivity index (χ3n) is 6.02. The summed E-state index contributed by atoms with van der Waals surface area (Å²) < 4.78 is 6.04. The second-order valence-corrected chi connectivity index (χ2v) is 7.59. The van der Waals surface area contributed by atoms with Crippen molar-refractivity contribution in [3.8, 4) is 0 Å². The molecule has 1 unspecified atom stereocenters. The summed E-state index contributed by atoms with van der Waals surface area (Å²) in [6, 6.07) is 0. The normalized spacial score (nSPS) is 40.0. The number of amides is 2. The van der Waals surface area contributed by atoms with E-state index >= 15 is 0 Å². The summed E-state index contributed by atoms with van der Waals surface area (Å²) in [6.07, 6.45) is 4.53. The van der Waals surface area contributed by atoms with Gasteiger partial charge in [0.15, 0.2) is 0 Å². The summed E-state index contributed by atoms with van der Waals surface area (Å²) in [5, 5.41) is 9.38. The quantitative estimate of drug-likeness (QED) is 0.798. The fourth-order valence-electron chi connectivity index (χ4n) is 4.48. The molecule has 3 aliphatic heterocycles. The van der Waals surface area contributed by atoms with Gasteiger partial charge >= 0.3 is 0 Å². The Balaban J connectivity index is 1.33. The van der Waals surface area contributed by atoms with E-state index in [-0.39, 0.29) is 36.0 Å². The summed E-state index contributed by atoms with van der Waals surface area (Å²) in [7, 11) is 0. The van der Waals surface area contributed by atoms with E-state index in [4.69, 9.17) is 4.74 Å². The van der Waals surface area contributed by atoms with E-state index in [1.807, 2.05) is 9.80 Å². The summed E-state index contributed by atoms with van der Waals surface area (Å²) in [6.45, 7) is 3.10. The molecule has 23 heavy (non-hydrogen) atoms. The van der Waals surface area contributed by atoms with E-state index in [1.165, 1.54) is 0 Å². The van der Waals surface area contributed by atoms with Gasteiger partial charge in [0.05, 0.1) is 12.2 Å². The van der Waals surface area contributed by atoms with Crippen LogP contribution in [0.1, 0.15) is 38.5 Å². The van der Waals surface area contributed by atoms with E-state index in [0.29, 0.717) is 25.3 Å². The predicted molar refractivity (Wildman–Crippen MR) is 82.5 cm³/mol. The fraction of sp³-hybridized carbons (Fsp3) is 0.882. The van der Waals surface area contributed by atoms with E-state index in [1.54, 1.807) is 0 Å². The van der Waals surface area contributed by atoms with Gasteiger partial charge in [-0.25, -0.2) is 0 Å². The highest BCUT2D eigenvalue weighted by Crippen LogP contribution is 2.36. The number of aliphatic hydroxyl groups excluding tert-OH is 1. The number of carbonyl (C=O) groups excluding carboxylic acids is 2. The molecule has 6 nitrogen and oxygen atoms in total. The zero-order valence-corrected chi connectivity index (χ0v) is 13.5. The number of rotatable bonds is 2. The monoisotopic (exact) mass is 322 g/mol. The maximum absolute atomic E-state index is 12.5. The van der Waals surface area contributed by atoms with Crippen molar-refractivity contribution in [3.05, 3.63) is 0 Å². The van der Waals surface area contributed by atoms with E-state index < -0.39 is 0 Å². The molecule has 6 heteroatoms. The number of likely N-dealkylation sites (tertiary alicyclic amines) is 2. The molecule has 0 aromatic heterocycles. The van der Waals surface area contributed by atoms with E-state index in [9.17, 15) is 14.7 Å². The Labute approximate surface area is 136 Å². The van der Waals surface area contributed by atoms with Crippen molar-refractivity contribution in [1.82, 2.24) is 9.80 Å². The highest BCUT2D eigenvalue weighted by atomic mass is 16.5.